The molecule has 0 amide bonds. The summed E-state index contributed by atoms with van der Waals surface area (Å²) in [5.74, 6) is 5.40. The predicted octanol–water partition coefficient (Wildman–Crippen LogP) is 0.988. The Morgan fingerprint density at radius 3 is 2.33 bits per heavy atom. The Bertz CT molecular complexity index is 279. The third kappa shape index (κ3) is 1.92. The van der Waals surface area contributed by atoms with Crippen molar-refractivity contribution >= 4 is 17.6 Å². The highest BCUT2D eigenvalue weighted by molar-refractivity contribution is 7.98. The largest absolute Gasteiger partial charge is 0.382 e. The van der Waals surface area contributed by atoms with Crippen molar-refractivity contribution in [2.24, 2.45) is 16.7 Å². The van der Waals surface area contributed by atoms with Crippen LogP contribution in [0.2, 0.25) is 0 Å². The monoisotopic (exact) mass is 181 g/mol. The molecule has 0 aliphatic heterocycles. The van der Waals surface area contributed by atoms with E-state index in [4.69, 9.17) is 11.6 Å². The number of benzene rings is 1. The van der Waals surface area contributed by atoms with Crippen molar-refractivity contribution in [2.45, 2.75) is 4.90 Å². The molecule has 64 valence electrons. The zero-order valence-corrected chi connectivity index (χ0v) is 7.64. The van der Waals surface area contributed by atoms with Gasteiger partial charge in [-0.2, -0.15) is 5.10 Å². The maximum Gasteiger partial charge on any atom is 0.150 e. The van der Waals surface area contributed by atoms with Crippen molar-refractivity contribution in [3.63, 3.8) is 0 Å². The van der Waals surface area contributed by atoms with E-state index in [2.05, 4.69) is 5.10 Å². The molecule has 0 aromatic heterocycles. The van der Waals surface area contributed by atoms with Crippen LogP contribution in [0.15, 0.2) is 34.3 Å². The van der Waals surface area contributed by atoms with E-state index in [0.717, 1.165) is 5.56 Å². The summed E-state index contributed by atoms with van der Waals surface area (Å²) in [7, 11) is 0. The fourth-order valence-corrected chi connectivity index (χ4v) is 1.24. The van der Waals surface area contributed by atoms with Crippen molar-refractivity contribution in [1.82, 2.24) is 0 Å². The third-order valence-corrected chi connectivity index (χ3v) is 2.27. The van der Waals surface area contributed by atoms with Crippen LogP contribution in [0.25, 0.3) is 0 Å². The number of nitrogens with two attached hydrogens (primary N) is 2. The average molecular weight is 181 g/mol. The van der Waals surface area contributed by atoms with Gasteiger partial charge in [0.1, 0.15) is 5.84 Å². The van der Waals surface area contributed by atoms with Crippen LogP contribution in [0.3, 0.4) is 0 Å². The van der Waals surface area contributed by atoms with E-state index in [1.165, 1.54) is 4.90 Å². The van der Waals surface area contributed by atoms with Gasteiger partial charge >= 0.3 is 0 Å². The Morgan fingerprint density at radius 2 is 1.92 bits per heavy atom. The van der Waals surface area contributed by atoms with Gasteiger partial charge < -0.3 is 11.6 Å². The Labute approximate surface area is 75.8 Å². The van der Waals surface area contributed by atoms with Gasteiger partial charge in [-0.3, -0.25) is 0 Å². The van der Waals surface area contributed by atoms with E-state index in [9.17, 15) is 0 Å². The Balaban J connectivity index is 2.92. The fourth-order valence-electron chi connectivity index (χ4n) is 0.836. The van der Waals surface area contributed by atoms with Gasteiger partial charge in [-0.25, -0.2) is 0 Å². The topological polar surface area (TPSA) is 64.4 Å². The molecule has 0 fully saturated rings. The van der Waals surface area contributed by atoms with Crippen molar-refractivity contribution in [3.8, 4) is 0 Å². The minimum atomic E-state index is 0.364. The van der Waals surface area contributed by atoms with Crippen molar-refractivity contribution in [3.05, 3.63) is 29.8 Å². The zero-order valence-electron chi connectivity index (χ0n) is 6.82. The summed E-state index contributed by atoms with van der Waals surface area (Å²) in [5, 5.41) is 3.40. The molecule has 4 heteroatoms. The lowest BCUT2D eigenvalue weighted by Crippen LogP contribution is -2.15. The van der Waals surface area contributed by atoms with Gasteiger partial charge in [0.25, 0.3) is 0 Å². The van der Waals surface area contributed by atoms with Gasteiger partial charge in [-0.1, -0.05) is 12.1 Å². The van der Waals surface area contributed by atoms with Gasteiger partial charge in [0.15, 0.2) is 0 Å². The lowest BCUT2D eigenvalue weighted by Gasteiger charge is -1.99. The molecule has 4 N–H and O–H groups in total. The summed E-state index contributed by atoms with van der Waals surface area (Å²) in [4.78, 5) is 1.20. The SMILES string of the molecule is CSc1ccc(/C(N)=N/N)cc1. The number of hydrazone groups is 1. The average Bonchev–Trinajstić information content (AvgIpc) is 2.17. The smallest absolute Gasteiger partial charge is 0.150 e. The number of rotatable bonds is 2. The summed E-state index contributed by atoms with van der Waals surface area (Å²) in [5.41, 5.74) is 6.36. The second-order valence-electron chi connectivity index (χ2n) is 2.24. The Hall–Kier alpha value is -1.16. The summed E-state index contributed by atoms with van der Waals surface area (Å²) < 4.78 is 0. The molecule has 0 spiro atoms. The second-order valence-corrected chi connectivity index (χ2v) is 3.12. The molecule has 0 saturated heterocycles. The number of thioether (sulfide) groups is 1. The van der Waals surface area contributed by atoms with Gasteiger partial charge in [-0.05, 0) is 18.4 Å². The fraction of sp³-hybridized carbons (Fsp3) is 0.125. The van der Waals surface area contributed by atoms with E-state index in [0.29, 0.717) is 5.84 Å². The van der Waals surface area contributed by atoms with E-state index in [-0.39, 0.29) is 0 Å². The second kappa shape index (κ2) is 4.01. The highest BCUT2D eigenvalue weighted by Gasteiger charge is 1.96. The molecule has 1 aromatic rings. The molecule has 0 saturated carbocycles. The predicted molar refractivity (Wildman–Crippen MR) is 53.1 cm³/mol. The molecular weight excluding hydrogens is 170 g/mol. The zero-order chi connectivity index (χ0) is 8.97. The maximum atomic E-state index is 5.50. The molecule has 0 radical (unpaired) electrons. The van der Waals surface area contributed by atoms with Gasteiger partial charge in [0, 0.05) is 10.5 Å². The summed E-state index contributed by atoms with van der Waals surface area (Å²) in [6.45, 7) is 0. The lowest BCUT2D eigenvalue weighted by atomic mass is 10.2. The van der Waals surface area contributed by atoms with Crippen LogP contribution in [0.4, 0.5) is 0 Å². The van der Waals surface area contributed by atoms with Crippen LogP contribution in [-0.4, -0.2) is 12.1 Å². The minimum absolute atomic E-state index is 0.364. The van der Waals surface area contributed by atoms with Gasteiger partial charge in [0.05, 0.1) is 0 Å². The summed E-state index contributed by atoms with van der Waals surface area (Å²) >= 11 is 1.68. The minimum Gasteiger partial charge on any atom is -0.382 e. The lowest BCUT2D eigenvalue weighted by molar-refractivity contribution is 1.23. The van der Waals surface area contributed by atoms with E-state index >= 15 is 0 Å². The molecule has 0 heterocycles. The highest BCUT2D eigenvalue weighted by Crippen LogP contribution is 2.14. The molecule has 1 aromatic carbocycles. The first-order chi connectivity index (χ1) is 5.77. The number of nitrogens with zero attached hydrogens (tertiary/aromatic N) is 1. The maximum absolute atomic E-state index is 5.50. The molecule has 3 nitrogen and oxygen atoms in total. The molecule has 1 rings (SSSR count). The van der Waals surface area contributed by atoms with E-state index in [1.807, 2.05) is 30.5 Å². The van der Waals surface area contributed by atoms with Crippen LogP contribution in [0, 0.1) is 0 Å². The molecule has 12 heavy (non-hydrogen) atoms. The molecular formula is C8H11N3S. The van der Waals surface area contributed by atoms with Crippen LogP contribution in [-0.2, 0) is 0 Å². The normalized spacial score (nSPS) is 11.6. The van der Waals surface area contributed by atoms with Crippen LogP contribution < -0.4 is 11.6 Å². The molecule has 0 aliphatic carbocycles. The first kappa shape index (κ1) is 8.93. The van der Waals surface area contributed by atoms with Gasteiger partial charge in [-0.15, -0.1) is 11.8 Å². The van der Waals surface area contributed by atoms with Crippen LogP contribution in [0.1, 0.15) is 5.56 Å². The van der Waals surface area contributed by atoms with Crippen molar-refractivity contribution in [1.29, 1.82) is 0 Å². The summed E-state index contributed by atoms with van der Waals surface area (Å²) in [6.07, 6.45) is 2.02. The number of amidine groups is 1. The third-order valence-electron chi connectivity index (χ3n) is 1.52. The van der Waals surface area contributed by atoms with Crippen LogP contribution >= 0.6 is 11.8 Å². The first-order valence-electron chi connectivity index (χ1n) is 3.45. The quantitative estimate of drug-likeness (QED) is 0.235. The first-order valence-corrected chi connectivity index (χ1v) is 4.68. The van der Waals surface area contributed by atoms with Crippen molar-refractivity contribution < 1.29 is 0 Å². The number of hydrogen-bond donors (Lipinski definition) is 2. The molecule has 0 atom stereocenters. The molecule has 0 bridgehead atoms. The number of hydrogen-bond acceptors (Lipinski definition) is 3. The Kier molecular flexibility index (Phi) is 2.99. The molecule has 0 unspecified atom stereocenters. The van der Waals surface area contributed by atoms with E-state index < -0.39 is 0 Å². The van der Waals surface area contributed by atoms with Gasteiger partial charge in [0.2, 0.25) is 0 Å². The van der Waals surface area contributed by atoms with Crippen LogP contribution in [0.5, 0.6) is 0 Å². The molecule has 0 aliphatic rings. The van der Waals surface area contributed by atoms with Crippen molar-refractivity contribution in [2.75, 3.05) is 6.26 Å². The Morgan fingerprint density at radius 1 is 1.33 bits per heavy atom. The standard InChI is InChI=1S/C8H11N3S/c1-12-7-4-2-6(3-5-7)8(9)11-10/h2-5H,10H2,1H3,(H2,9,11). The summed E-state index contributed by atoms with van der Waals surface area (Å²) in [6, 6.07) is 7.77. The highest BCUT2D eigenvalue weighted by atomic mass is 32.2. The van der Waals surface area contributed by atoms with E-state index in [1.54, 1.807) is 11.8 Å².